The predicted molar refractivity (Wildman–Crippen MR) is 116 cm³/mol. The number of fused-ring (bicyclic) bond motifs is 1. The molecule has 31 heavy (non-hydrogen) atoms. The van der Waals surface area contributed by atoms with Crippen LogP contribution in [0.3, 0.4) is 0 Å². The minimum Gasteiger partial charge on any atom is -0.494 e. The van der Waals surface area contributed by atoms with Crippen LogP contribution in [0, 0.1) is 17.2 Å². The number of unbranched alkanes of at least 4 members (excludes halogenated alkanes) is 2. The quantitative estimate of drug-likeness (QED) is 0.396. The van der Waals surface area contributed by atoms with Crippen molar-refractivity contribution in [1.82, 2.24) is 4.90 Å². The molecule has 1 aromatic rings. The normalized spacial score (nSPS) is 13.6. The van der Waals surface area contributed by atoms with Gasteiger partial charge in [0.15, 0.2) is 0 Å². The molecule has 8 nitrogen and oxygen atoms in total. The van der Waals surface area contributed by atoms with Gasteiger partial charge in [0.25, 0.3) is 5.91 Å². The van der Waals surface area contributed by atoms with Crippen molar-refractivity contribution >= 4 is 23.5 Å². The molecule has 0 saturated heterocycles. The van der Waals surface area contributed by atoms with Crippen LogP contribution < -0.4 is 9.64 Å². The van der Waals surface area contributed by atoms with Gasteiger partial charge in [-0.05, 0) is 43.9 Å². The van der Waals surface area contributed by atoms with Crippen molar-refractivity contribution in [2.24, 2.45) is 5.92 Å². The molecule has 2 amide bonds. The van der Waals surface area contributed by atoms with Gasteiger partial charge in [0, 0.05) is 19.5 Å². The van der Waals surface area contributed by atoms with E-state index in [1.54, 1.807) is 30.0 Å². The second-order valence-corrected chi connectivity index (χ2v) is 7.82. The lowest BCUT2D eigenvalue weighted by atomic mass is 10.1. The SMILES string of the molecule is CCOC(=O)CCN1CC(=O)N(CC(C)C)c2ccc(OCCCCC#N)cc2C1=O. The summed E-state index contributed by atoms with van der Waals surface area (Å²) in [4.78, 5) is 41.0. The lowest BCUT2D eigenvalue weighted by Gasteiger charge is -2.24. The van der Waals surface area contributed by atoms with Gasteiger partial charge in [-0.2, -0.15) is 5.26 Å². The van der Waals surface area contributed by atoms with Crippen molar-refractivity contribution in [2.75, 3.05) is 37.7 Å². The van der Waals surface area contributed by atoms with Crippen LogP contribution in [-0.4, -0.2) is 55.5 Å². The van der Waals surface area contributed by atoms with Gasteiger partial charge in [-0.25, -0.2) is 0 Å². The molecule has 0 unspecified atom stereocenters. The molecule has 1 heterocycles. The maximum absolute atomic E-state index is 13.3. The lowest BCUT2D eigenvalue weighted by molar-refractivity contribution is -0.143. The summed E-state index contributed by atoms with van der Waals surface area (Å²) >= 11 is 0. The minimum atomic E-state index is -0.402. The molecule has 0 saturated carbocycles. The van der Waals surface area contributed by atoms with Gasteiger partial charge in [-0.1, -0.05) is 13.8 Å². The van der Waals surface area contributed by atoms with E-state index in [0.717, 1.165) is 12.8 Å². The van der Waals surface area contributed by atoms with Crippen molar-refractivity contribution in [2.45, 2.75) is 46.5 Å². The zero-order chi connectivity index (χ0) is 22.8. The number of nitriles is 1. The molecule has 1 aliphatic heterocycles. The first-order valence-electron chi connectivity index (χ1n) is 10.8. The number of nitrogens with zero attached hydrogens (tertiary/aromatic N) is 3. The second-order valence-electron chi connectivity index (χ2n) is 7.82. The van der Waals surface area contributed by atoms with Gasteiger partial charge >= 0.3 is 5.97 Å². The van der Waals surface area contributed by atoms with E-state index in [-0.39, 0.29) is 43.8 Å². The summed E-state index contributed by atoms with van der Waals surface area (Å²) in [5, 5.41) is 8.62. The fraction of sp³-hybridized carbons (Fsp3) is 0.565. The maximum Gasteiger partial charge on any atom is 0.307 e. The Balaban J connectivity index is 2.26. The van der Waals surface area contributed by atoms with Gasteiger partial charge in [-0.15, -0.1) is 0 Å². The summed E-state index contributed by atoms with van der Waals surface area (Å²) < 4.78 is 10.7. The fourth-order valence-electron chi connectivity index (χ4n) is 3.34. The molecule has 1 aromatic carbocycles. The maximum atomic E-state index is 13.3. The number of esters is 1. The first-order chi connectivity index (χ1) is 14.9. The highest BCUT2D eigenvalue weighted by Gasteiger charge is 2.32. The molecular formula is C23H31N3O5. The molecule has 0 aliphatic carbocycles. The van der Waals surface area contributed by atoms with Crippen molar-refractivity contribution in [1.29, 1.82) is 5.26 Å². The monoisotopic (exact) mass is 429 g/mol. The van der Waals surface area contributed by atoms with E-state index in [2.05, 4.69) is 6.07 Å². The third-order valence-electron chi connectivity index (χ3n) is 4.79. The highest BCUT2D eigenvalue weighted by Crippen LogP contribution is 2.30. The molecule has 2 rings (SSSR count). The number of ether oxygens (including phenoxy) is 2. The molecule has 0 atom stereocenters. The van der Waals surface area contributed by atoms with Gasteiger partial charge in [0.1, 0.15) is 12.3 Å². The average Bonchev–Trinajstić information content (AvgIpc) is 2.82. The number of anilines is 1. The van der Waals surface area contributed by atoms with E-state index in [4.69, 9.17) is 14.7 Å². The summed E-state index contributed by atoms with van der Waals surface area (Å²) in [5.41, 5.74) is 0.934. The molecule has 0 fully saturated rings. The van der Waals surface area contributed by atoms with Crippen molar-refractivity contribution < 1.29 is 23.9 Å². The summed E-state index contributed by atoms with van der Waals surface area (Å²) in [6.45, 7) is 6.96. The molecule has 1 aliphatic rings. The zero-order valence-corrected chi connectivity index (χ0v) is 18.6. The van der Waals surface area contributed by atoms with Crippen LogP contribution in [0.25, 0.3) is 0 Å². The van der Waals surface area contributed by atoms with E-state index >= 15 is 0 Å². The number of amides is 2. The first kappa shape index (κ1) is 24.2. The Morgan fingerprint density at radius 1 is 1.26 bits per heavy atom. The topological polar surface area (TPSA) is 99.9 Å². The number of carbonyl (C=O) groups excluding carboxylic acids is 3. The van der Waals surface area contributed by atoms with E-state index in [1.165, 1.54) is 4.90 Å². The van der Waals surface area contributed by atoms with Crippen LogP contribution in [0.4, 0.5) is 5.69 Å². The molecular weight excluding hydrogens is 398 g/mol. The minimum absolute atomic E-state index is 0.0292. The van der Waals surface area contributed by atoms with Gasteiger partial charge < -0.3 is 19.3 Å². The number of rotatable bonds is 11. The highest BCUT2D eigenvalue weighted by atomic mass is 16.5. The van der Waals surface area contributed by atoms with Crippen LogP contribution >= 0.6 is 0 Å². The van der Waals surface area contributed by atoms with Crippen LogP contribution in [0.2, 0.25) is 0 Å². The van der Waals surface area contributed by atoms with E-state index in [9.17, 15) is 14.4 Å². The number of hydrogen-bond donors (Lipinski definition) is 0. The Bertz CT molecular complexity index is 831. The summed E-state index contributed by atoms with van der Waals surface area (Å²) in [6.07, 6.45) is 2.00. The number of hydrogen-bond acceptors (Lipinski definition) is 6. The molecule has 0 aromatic heterocycles. The Morgan fingerprint density at radius 3 is 2.71 bits per heavy atom. The van der Waals surface area contributed by atoms with Crippen LogP contribution in [0.15, 0.2) is 18.2 Å². The Labute approximate surface area is 183 Å². The largest absolute Gasteiger partial charge is 0.494 e. The average molecular weight is 430 g/mol. The predicted octanol–water partition coefficient (Wildman–Crippen LogP) is 3.16. The second kappa shape index (κ2) is 11.9. The summed E-state index contributed by atoms with van der Waals surface area (Å²) in [6, 6.07) is 7.26. The Morgan fingerprint density at radius 2 is 2.03 bits per heavy atom. The molecule has 0 N–H and O–H groups in total. The fourth-order valence-corrected chi connectivity index (χ4v) is 3.34. The van der Waals surface area contributed by atoms with E-state index < -0.39 is 5.97 Å². The zero-order valence-electron chi connectivity index (χ0n) is 18.6. The first-order valence-corrected chi connectivity index (χ1v) is 10.8. The highest BCUT2D eigenvalue weighted by molar-refractivity contribution is 6.10. The van der Waals surface area contributed by atoms with Crippen molar-refractivity contribution in [3.05, 3.63) is 23.8 Å². The third kappa shape index (κ3) is 6.99. The van der Waals surface area contributed by atoms with Crippen LogP contribution in [0.5, 0.6) is 5.75 Å². The standard InChI is InChI=1S/C23H31N3O5/c1-4-30-22(28)10-12-25-16-21(27)26(15-17(2)3)20-9-8-18(14-19(20)23(25)29)31-13-7-5-6-11-24/h8-9,14,17H,4-7,10,12-13,15-16H2,1-3H3. The Kier molecular flexibility index (Phi) is 9.32. The number of benzene rings is 1. The van der Waals surface area contributed by atoms with Crippen LogP contribution in [0.1, 0.15) is 56.8 Å². The lowest BCUT2D eigenvalue weighted by Crippen LogP contribution is -2.41. The molecule has 0 radical (unpaired) electrons. The van der Waals surface area contributed by atoms with E-state index in [0.29, 0.717) is 36.6 Å². The van der Waals surface area contributed by atoms with Crippen LogP contribution in [-0.2, 0) is 14.3 Å². The molecule has 168 valence electrons. The van der Waals surface area contributed by atoms with E-state index in [1.807, 2.05) is 13.8 Å². The molecule has 0 spiro atoms. The number of carbonyl (C=O) groups is 3. The molecule has 0 bridgehead atoms. The molecule has 8 heteroatoms. The smallest absolute Gasteiger partial charge is 0.307 e. The Hall–Kier alpha value is -3.08. The third-order valence-corrected chi connectivity index (χ3v) is 4.79. The summed E-state index contributed by atoms with van der Waals surface area (Å²) in [7, 11) is 0. The van der Waals surface area contributed by atoms with Crippen molar-refractivity contribution in [3.8, 4) is 11.8 Å². The van der Waals surface area contributed by atoms with Gasteiger partial charge in [0.2, 0.25) is 5.91 Å². The van der Waals surface area contributed by atoms with Gasteiger partial charge in [0.05, 0.1) is 37.0 Å². The van der Waals surface area contributed by atoms with Gasteiger partial charge in [-0.3, -0.25) is 14.4 Å². The summed E-state index contributed by atoms with van der Waals surface area (Å²) in [5.74, 6) is -0.147. The van der Waals surface area contributed by atoms with Crippen molar-refractivity contribution in [3.63, 3.8) is 0 Å².